The Labute approximate surface area is 144 Å². The molecule has 1 aromatic heterocycles. The summed E-state index contributed by atoms with van der Waals surface area (Å²) in [4.78, 5) is 28.8. The van der Waals surface area contributed by atoms with Crippen LogP contribution in [0.4, 0.5) is 5.69 Å². The summed E-state index contributed by atoms with van der Waals surface area (Å²) in [7, 11) is 0. The average molecular weight is 349 g/mol. The van der Waals surface area contributed by atoms with E-state index in [0.29, 0.717) is 28.6 Å². The number of anilines is 1. The van der Waals surface area contributed by atoms with Gasteiger partial charge in [-0.3, -0.25) is 14.5 Å². The monoisotopic (exact) mass is 348 g/mol. The van der Waals surface area contributed by atoms with Crippen LogP contribution in [0.3, 0.4) is 0 Å². The molecule has 1 saturated heterocycles. The zero-order valence-electron chi connectivity index (χ0n) is 12.8. The number of carbonyl (C=O) groups excluding carboxylic acids is 2. The maximum Gasteiger partial charge on any atom is 0.269 e. The van der Waals surface area contributed by atoms with Crippen molar-refractivity contribution in [3.63, 3.8) is 0 Å². The Hall–Kier alpha value is -1.85. The van der Waals surface area contributed by atoms with E-state index in [4.69, 9.17) is 11.6 Å². The molecule has 2 amide bonds. The molecular weight excluding hydrogens is 332 g/mol. The van der Waals surface area contributed by atoms with Gasteiger partial charge in [0.2, 0.25) is 5.91 Å². The summed E-state index contributed by atoms with van der Waals surface area (Å²) in [6.45, 7) is 2.86. The van der Waals surface area contributed by atoms with Crippen molar-refractivity contribution in [2.45, 2.75) is 19.8 Å². The molecule has 4 nitrogen and oxygen atoms in total. The molecule has 2 aromatic rings. The van der Waals surface area contributed by atoms with Gasteiger partial charge in [-0.2, -0.15) is 0 Å². The number of aryl methyl sites for hydroxylation is 1. The van der Waals surface area contributed by atoms with Crippen LogP contribution in [0.2, 0.25) is 5.02 Å². The van der Waals surface area contributed by atoms with Crippen LogP contribution in [0.25, 0.3) is 0 Å². The standard InChI is InChI=1S/C17H17ClN2O2S/c1-12-6-7-13(10-14(12)18)20(11-19-8-2-5-16(19)21)17(22)15-4-3-9-23-15/h3-4,6-7,9-10H,2,5,8,11H2,1H3. The molecule has 120 valence electrons. The van der Waals surface area contributed by atoms with Crippen molar-refractivity contribution in [3.05, 3.63) is 51.2 Å². The number of hydrogen-bond donors (Lipinski definition) is 0. The largest absolute Gasteiger partial charge is 0.324 e. The summed E-state index contributed by atoms with van der Waals surface area (Å²) in [5.41, 5.74) is 1.66. The predicted molar refractivity (Wildman–Crippen MR) is 93.1 cm³/mol. The topological polar surface area (TPSA) is 40.6 Å². The third-order valence-electron chi connectivity index (χ3n) is 3.93. The molecule has 3 rings (SSSR count). The maximum absolute atomic E-state index is 12.9. The minimum atomic E-state index is -0.111. The molecule has 0 bridgehead atoms. The first-order valence-electron chi connectivity index (χ1n) is 7.45. The number of amides is 2. The van der Waals surface area contributed by atoms with Gasteiger partial charge in [0.1, 0.15) is 6.67 Å². The van der Waals surface area contributed by atoms with E-state index in [1.54, 1.807) is 21.9 Å². The third-order valence-corrected chi connectivity index (χ3v) is 5.19. The molecule has 0 atom stereocenters. The summed E-state index contributed by atoms with van der Waals surface area (Å²) in [5.74, 6) is -0.0215. The zero-order valence-corrected chi connectivity index (χ0v) is 14.4. The number of likely N-dealkylation sites (tertiary alicyclic amines) is 1. The number of benzene rings is 1. The molecule has 23 heavy (non-hydrogen) atoms. The summed E-state index contributed by atoms with van der Waals surface area (Å²) in [5, 5.41) is 2.48. The van der Waals surface area contributed by atoms with Crippen LogP contribution in [0.1, 0.15) is 28.1 Å². The second-order valence-corrected chi connectivity index (χ2v) is 6.90. The maximum atomic E-state index is 12.9. The van der Waals surface area contributed by atoms with E-state index in [1.165, 1.54) is 11.3 Å². The first kappa shape index (κ1) is 16.0. The number of carbonyl (C=O) groups is 2. The normalized spacial score (nSPS) is 14.3. The van der Waals surface area contributed by atoms with Gasteiger partial charge < -0.3 is 4.90 Å². The number of rotatable bonds is 4. The highest BCUT2D eigenvalue weighted by molar-refractivity contribution is 7.12. The molecule has 1 aliphatic heterocycles. The molecule has 1 aromatic carbocycles. The Bertz CT molecular complexity index is 730. The molecule has 6 heteroatoms. The molecule has 0 N–H and O–H groups in total. The molecule has 0 radical (unpaired) electrons. The molecule has 2 heterocycles. The SMILES string of the molecule is Cc1ccc(N(CN2CCCC2=O)C(=O)c2cccs2)cc1Cl. The first-order valence-corrected chi connectivity index (χ1v) is 8.71. The highest BCUT2D eigenvalue weighted by Gasteiger charge is 2.27. The summed E-state index contributed by atoms with van der Waals surface area (Å²) >= 11 is 7.61. The van der Waals surface area contributed by atoms with Crippen LogP contribution in [0.15, 0.2) is 35.7 Å². The van der Waals surface area contributed by atoms with Crippen LogP contribution < -0.4 is 4.90 Å². The van der Waals surface area contributed by atoms with E-state index >= 15 is 0 Å². The molecule has 1 fully saturated rings. The van der Waals surface area contributed by atoms with Gasteiger partial charge in [0.15, 0.2) is 0 Å². The Morgan fingerprint density at radius 3 is 2.83 bits per heavy atom. The molecule has 0 aliphatic carbocycles. The van der Waals surface area contributed by atoms with Gasteiger partial charge in [0.25, 0.3) is 5.91 Å². The van der Waals surface area contributed by atoms with Crippen molar-refractivity contribution < 1.29 is 9.59 Å². The highest BCUT2D eigenvalue weighted by atomic mass is 35.5. The zero-order chi connectivity index (χ0) is 16.4. The average Bonchev–Trinajstić information content (AvgIpc) is 3.19. The van der Waals surface area contributed by atoms with E-state index < -0.39 is 0 Å². The van der Waals surface area contributed by atoms with Gasteiger partial charge >= 0.3 is 0 Å². The van der Waals surface area contributed by atoms with Crippen molar-refractivity contribution in [2.75, 3.05) is 18.1 Å². The Morgan fingerprint density at radius 1 is 1.39 bits per heavy atom. The summed E-state index contributed by atoms with van der Waals surface area (Å²) in [6, 6.07) is 9.18. The van der Waals surface area contributed by atoms with E-state index in [-0.39, 0.29) is 18.5 Å². The van der Waals surface area contributed by atoms with E-state index in [9.17, 15) is 9.59 Å². The quantitative estimate of drug-likeness (QED) is 0.839. The molecule has 0 spiro atoms. The lowest BCUT2D eigenvalue weighted by molar-refractivity contribution is -0.127. The molecular formula is C17H17ClN2O2S. The predicted octanol–water partition coefficient (Wildman–Crippen LogP) is 3.94. The van der Waals surface area contributed by atoms with Gasteiger partial charge in [-0.15, -0.1) is 11.3 Å². The van der Waals surface area contributed by atoms with Gasteiger partial charge in [0, 0.05) is 23.7 Å². The van der Waals surface area contributed by atoms with E-state index in [2.05, 4.69) is 0 Å². The fourth-order valence-corrected chi connectivity index (χ4v) is 3.42. The minimum Gasteiger partial charge on any atom is -0.324 e. The van der Waals surface area contributed by atoms with Gasteiger partial charge in [-0.05, 0) is 42.5 Å². The fraction of sp³-hybridized carbons (Fsp3) is 0.294. The lowest BCUT2D eigenvalue weighted by Gasteiger charge is -2.28. The lowest BCUT2D eigenvalue weighted by atomic mass is 10.2. The third kappa shape index (κ3) is 3.41. The smallest absolute Gasteiger partial charge is 0.269 e. The van der Waals surface area contributed by atoms with E-state index in [1.807, 2.05) is 30.5 Å². The van der Waals surface area contributed by atoms with Gasteiger partial charge in [-0.25, -0.2) is 0 Å². The second kappa shape index (κ2) is 6.72. The minimum absolute atomic E-state index is 0.0900. The van der Waals surface area contributed by atoms with Crippen LogP contribution in [0.5, 0.6) is 0 Å². The van der Waals surface area contributed by atoms with Crippen molar-refractivity contribution in [1.82, 2.24) is 4.90 Å². The fourth-order valence-electron chi connectivity index (χ4n) is 2.57. The first-order chi connectivity index (χ1) is 11.1. The number of thiophene rings is 1. The molecule has 0 saturated carbocycles. The van der Waals surface area contributed by atoms with Crippen molar-refractivity contribution in [2.24, 2.45) is 0 Å². The van der Waals surface area contributed by atoms with Crippen LogP contribution in [-0.4, -0.2) is 29.9 Å². The summed E-state index contributed by atoms with van der Waals surface area (Å²) < 4.78 is 0. The van der Waals surface area contributed by atoms with Gasteiger partial charge in [0.05, 0.1) is 4.88 Å². The van der Waals surface area contributed by atoms with Crippen molar-refractivity contribution in [3.8, 4) is 0 Å². The number of hydrogen-bond acceptors (Lipinski definition) is 3. The Balaban J connectivity index is 1.93. The van der Waals surface area contributed by atoms with Crippen LogP contribution in [0, 0.1) is 6.92 Å². The van der Waals surface area contributed by atoms with Gasteiger partial charge in [-0.1, -0.05) is 23.7 Å². The Morgan fingerprint density at radius 2 is 2.22 bits per heavy atom. The molecule has 0 unspecified atom stereocenters. The highest BCUT2D eigenvalue weighted by Crippen LogP contribution is 2.26. The Kier molecular flexibility index (Phi) is 4.68. The number of nitrogens with zero attached hydrogens (tertiary/aromatic N) is 2. The molecule has 1 aliphatic rings. The van der Waals surface area contributed by atoms with Crippen LogP contribution >= 0.6 is 22.9 Å². The van der Waals surface area contributed by atoms with Crippen LogP contribution in [-0.2, 0) is 4.79 Å². The number of halogens is 1. The van der Waals surface area contributed by atoms with E-state index in [0.717, 1.165) is 12.0 Å². The second-order valence-electron chi connectivity index (χ2n) is 5.55. The lowest BCUT2D eigenvalue weighted by Crippen LogP contribution is -2.42. The summed E-state index contributed by atoms with van der Waals surface area (Å²) in [6.07, 6.45) is 1.39. The van der Waals surface area contributed by atoms with Crippen molar-refractivity contribution in [1.29, 1.82) is 0 Å². The van der Waals surface area contributed by atoms with Crippen molar-refractivity contribution >= 4 is 40.4 Å².